The van der Waals surface area contributed by atoms with E-state index in [0.29, 0.717) is 32.0 Å². The number of anilines is 1. The fourth-order valence-electron chi connectivity index (χ4n) is 3.03. The molecule has 1 amide bonds. The molecule has 0 spiro atoms. The number of morpholine rings is 1. The van der Waals surface area contributed by atoms with Crippen LogP contribution in [0.3, 0.4) is 0 Å². The van der Waals surface area contributed by atoms with Crippen LogP contribution in [-0.4, -0.2) is 54.7 Å². The maximum absolute atomic E-state index is 12.8. The third-order valence-electron chi connectivity index (χ3n) is 4.49. The highest BCUT2D eigenvalue weighted by molar-refractivity contribution is 7.89. The summed E-state index contributed by atoms with van der Waals surface area (Å²) >= 11 is 1.58. The van der Waals surface area contributed by atoms with Gasteiger partial charge in [-0.15, -0.1) is 0 Å². The minimum atomic E-state index is -3.62. The van der Waals surface area contributed by atoms with E-state index < -0.39 is 10.0 Å². The molecule has 0 aliphatic carbocycles. The topological polar surface area (TPSA) is 93.5 Å². The summed E-state index contributed by atoms with van der Waals surface area (Å²) in [6.07, 6.45) is 1.74. The first-order valence-corrected chi connectivity index (χ1v) is 11.4. The van der Waals surface area contributed by atoms with Gasteiger partial charge in [-0.3, -0.25) is 9.48 Å². The normalized spacial score (nSPS) is 15.3. The third-order valence-corrected chi connectivity index (χ3v) is 7.07. The van der Waals surface area contributed by atoms with Crippen molar-refractivity contribution in [2.45, 2.75) is 11.4 Å². The van der Waals surface area contributed by atoms with Gasteiger partial charge in [0, 0.05) is 35.9 Å². The summed E-state index contributed by atoms with van der Waals surface area (Å²) < 4.78 is 33.7. The van der Waals surface area contributed by atoms with Crippen molar-refractivity contribution in [2.24, 2.45) is 0 Å². The number of carbonyl (C=O) groups is 1. The number of nitrogens with zero attached hydrogens (tertiary/aromatic N) is 3. The molecule has 1 aliphatic heterocycles. The highest BCUT2D eigenvalue weighted by Crippen LogP contribution is 2.21. The Kier molecular flexibility index (Phi) is 5.76. The molecule has 1 fully saturated rings. The Balaban J connectivity index is 1.43. The maximum atomic E-state index is 12.8. The van der Waals surface area contributed by atoms with Gasteiger partial charge in [0.1, 0.15) is 6.54 Å². The van der Waals surface area contributed by atoms with Gasteiger partial charge < -0.3 is 10.1 Å². The van der Waals surface area contributed by atoms with Gasteiger partial charge >= 0.3 is 0 Å². The summed E-state index contributed by atoms with van der Waals surface area (Å²) in [5.41, 5.74) is 2.24. The molecule has 2 aromatic heterocycles. The number of thiophene rings is 1. The van der Waals surface area contributed by atoms with E-state index in [1.54, 1.807) is 34.3 Å². The van der Waals surface area contributed by atoms with Crippen molar-refractivity contribution in [1.82, 2.24) is 14.1 Å². The first-order valence-electron chi connectivity index (χ1n) is 9.06. The molecule has 1 aliphatic rings. The van der Waals surface area contributed by atoms with Crippen LogP contribution < -0.4 is 5.32 Å². The minimum absolute atomic E-state index is 0.0323. The average molecular weight is 433 g/mol. The molecule has 0 unspecified atom stereocenters. The highest BCUT2D eigenvalue weighted by Gasteiger charge is 2.26. The Morgan fingerprint density at radius 3 is 2.79 bits per heavy atom. The number of carbonyl (C=O) groups excluding carboxylic acids is 1. The number of rotatable bonds is 6. The summed E-state index contributed by atoms with van der Waals surface area (Å²) in [7, 11) is -3.62. The summed E-state index contributed by atoms with van der Waals surface area (Å²) in [6, 6.07) is 10.1. The van der Waals surface area contributed by atoms with E-state index in [0.717, 1.165) is 11.3 Å². The monoisotopic (exact) mass is 432 g/mol. The Hall–Kier alpha value is -2.53. The van der Waals surface area contributed by atoms with Gasteiger partial charge in [0.2, 0.25) is 15.9 Å². The van der Waals surface area contributed by atoms with Gasteiger partial charge in [0.25, 0.3) is 0 Å². The highest BCUT2D eigenvalue weighted by atomic mass is 32.2. The number of hydrogen-bond donors (Lipinski definition) is 1. The molecular formula is C19H20N4O4S2. The molecule has 3 aromatic rings. The van der Waals surface area contributed by atoms with Crippen molar-refractivity contribution < 1.29 is 17.9 Å². The Morgan fingerprint density at radius 2 is 2.03 bits per heavy atom. The van der Waals surface area contributed by atoms with Crippen LogP contribution in [-0.2, 0) is 26.1 Å². The van der Waals surface area contributed by atoms with Crippen molar-refractivity contribution in [2.75, 3.05) is 31.6 Å². The first kappa shape index (κ1) is 19.8. The Labute approximate surface area is 172 Å². The molecule has 4 rings (SSSR count). The molecule has 0 saturated carbocycles. The van der Waals surface area contributed by atoms with Crippen molar-refractivity contribution in [3.05, 3.63) is 53.4 Å². The molecule has 1 saturated heterocycles. The predicted octanol–water partition coefficient (Wildman–Crippen LogP) is 2.27. The molecule has 0 atom stereocenters. The van der Waals surface area contributed by atoms with E-state index in [-0.39, 0.29) is 17.3 Å². The number of benzene rings is 1. The lowest BCUT2D eigenvalue weighted by molar-refractivity contribution is -0.116. The molecule has 3 heterocycles. The number of aromatic nitrogens is 2. The second-order valence-corrected chi connectivity index (χ2v) is 9.22. The van der Waals surface area contributed by atoms with E-state index in [2.05, 4.69) is 10.4 Å². The number of hydrogen-bond acceptors (Lipinski definition) is 6. The van der Waals surface area contributed by atoms with Gasteiger partial charge in [-0.05, 0) is 35.7 Å². The predicted molar refractivity (Wildman–Crippen MR) is 110 cm³/mol. The number of sulfonamides is 1. The Morgan fingerprint density at radius 1 is 1.21 bits per heavy atom. The standard InChI is InChI=1S/C19H20N4O4S2/c24-19(13-22-6-4-18(21-22)15-5-11-28-14-15)20-16-2-1-3-17(12-16)29(25,26)23-7-9-27-10-8-23/h1-6,11-12,14H,7-10,13H2,(H,20,24). The molecule has 0 radical (unpaired) electrons. The zero-order valence-electron chi connectivity index (χ0n) is 15.5. The molecular weight excluding hydrogens is 412 g/mol. The maximum Gasteiger partial charge on any atom is 0.246 e. The zero-order valence-corrected chi connectivity index (χ0v) is 17.2. The number of nitrogens with one attached hydrogen (secondary N) is 1. The van der Waals surface area contributed by atoms with Gasteiger partial charge in [-0.25, -0.2) is 8.42 Å². The van der Waals surface area contributed by atoms with Gasteiger partial charge in [-0.2, -0.15) is 20.7 Å². The van der Waals surface area contributed by atoms with Gasteiger partial charge in [0.15, 0.2) is 0 Å². The molecule has 1 aromatic carbocycles. The molecule has 0 bridgehead atoms. The van der Waals surface area contributed by atoms with Crippen molar-refractivity contribution in [3.63, 3.8) is 0 Å². The van der Waals surface area contributed by atoms with Gasteiger partial charge in [-0.1, -0.05) is 6.07 Å². The lowest BCUT2D eigenvalue weighted by Gasteiger charge is -2.26. The van der Waals surface area contributed by atoms with E-state index in [4.69, 9.17) is 4.74 Å². The molecule has 8 nitrogen and oxygen atoms in total. The van der Waals surface area contributed by atoms with Crippen molar-refractivity contribution in [1.29, 1.82) is 0 Å². The lowest BCUT2D eigenvalue weighted by atomic mass is 10.2. The first-order chi connectivity index (χ1) is 14.0. The van der Waals surface area contributed by atoms with E-state index in [1.165, 1.54) is 16.4 Å². The SMILES string of the molecule is O=C(Cn1ccc(-c2ccsc2)n1)Nc1cccc(S(=O)(=O)N2CCOCC2)c1. The van der Waals surface area contributed by atoms with E-state index in [1.807, 2.05) is 22.9 Å². The van der Waals surface area contributed by atoms with Crippen LogP contribution in [0.15, 0.2) is 58.3 Å². The fourth-order valence-corrected chi connectivity index (χ4v) is 5.14. The molecule has 29 heavy (non-hydrogen) atoms. The second-order valence-electron chi connectivity index (χ2n) is 6.50. The van der Waals surface area contributed by atoms with Crippen molar-refractivity contribution in [3.8, 4) is 11.3 Å². The van der Waals surface area contributed by atoms with Gasteiger partial charge in [0.05, 0.1) is 23.8 Å². The summed E-state index contributed by atoms with van der Waals surface area (Å²) in [5, 5.41) is 11.1. The summed E-state index contributed by atoms with van der Waals surface area (Å²) in [5.74, 6) is -0.286. The third kappa shape index (κ3) is 4.56. The van der Waals surface area contributed by atoms with Crippen LogP contribution in [0, 0.1) is 0 Å². The lowest BCUT2D eigenvalue weighted by Crippen LogP contribution is -2.40. The molecule has 1 N–H and O–H groups in total. The van der Waals surface area contributed by atoms with Crippen LogP contribution >= 0.6 is 11.3 Å². The van der Waals surface area contributed by atoms with Crippen LogP contribution in [0.5, 0.6) is 0 Å². The number of amides is 1. The molecule has 10 heteroatoms. The Bertz CT molecular complexity index is 1090. The summed E-state index contributed by atoms with van der Waals surface area (Å²) in [4.78, 5) is 12.5. The average Bonchev–Trinajstić information content (AvgIpc) is 3.40. The van der Waals surface area contributed by atoms with Crippen LogP contribution in [0.1, 0.15) is 0 Å². The van der Waals surface area contributed by atoms with E-state index >= 15 is 0 Å². The number of ether oxygens (including phenoxy) is 1. The van der Waals surface area contributed by atoms with E-state index in [9.17, 15) is 13.2 Å². The van der Waals surface area contributed by atoms with Crippen LogP contribution in [0.25, 0.3) is 11.3 Å². The quantitative estimate of drug-likeness (QED) is 0.645. The van der Waals surface area contributed by atoms with Crippen molar-refractivity contribution >= 4 is 33.0 Å². The van der Waals surface area contributed by atoms with Crippen LogP contribution in [0.4, 0.5) is 5.69 Å². The second kappa shape index (κ2) is 8.46. The zero-order chi connectivity index (χ0) is 20.3. The minimum Gasteiger partial charge on any atom is -0.379 e. The fraction of sp³-hybridized carbons (Fsp3) is 0.263. The van der Waals surface area contributed by atoms with Crippen LogP contribution in [0.2, 0.25) is 0 Å². The largest absolute Gasteiger partial charge is 0.379 e. The molecule has 152 valence electrons. The smallest absolute Gasteiger partial charge is 0.246 e. The summed E-state index contributed by atoms with van der Waals surface area (Å²) in [6.45, 7) is 1.44.